The molecule has 1 aliphatic heterocycles. The molecule has 43 heavy (non-hydrogen) atoms. The number of ether oxygens (including phenoxy) is 2. The van der Waals surface area contributed by atoms with Crippen LogP contribution in [0.5, 0.6) is 5.75 Å². The van der Waals surface area contributed by atoms with Gasteiger partial charge in [-0.2, -0.15) is 10.2 Å². The smallest absolute Gasteiger partial charge is 0.332 e. The zero-order chi connectivity index (χ0) is 30.2. The van der Waals surface area contributed by atoms with Gasteiger partial charge in [0.25, 0.3) is 5.56 Å². The largest absolute Gasteiger partial charge is 0.496 e. The monoisotopic (exact) mass is 612 g/mol. The van der Waals surface area contributed by atoms with Gasteiger partial charge in [0.15, 0.2) is 0 Å². The van der Waals surface area contributed by atoms with Crippen LogP contribution in [-0.2, 0) is 16.1 Å². The molecule has 3 aromatic heterocycles. The summed E-state index contributed by atoms with van der Waals surface area (Å²) in [6.45, 7) is 2.14. The second-order valence-electron chi connectivity index (χ2n) is 11.0. The van der Waals surface area contributed by atoms with Gasteiger partial charge in [-0.25, -0.2) is 13.8 Å². The van der Waals surface area contributed by atoms with E-state index in [2.05, 4.69) is 15.5 Å². The van der Waals surface area contributed by atoms with Gasteiger partial charge in [0.1, 0.15) is 33.5 Å². The Kier molecular flexibility index (Phi) is 8.16. The summed E-state index contributed by atoms with van der Waals surface area (Å²) in [4.78, 5) is 43.0. The predicted octanol–water partition coefficient (Wildman–Crippen LogP) is 2.77. The second kappa shape index (κ2) is 12.0. The van der Waals surface area contributed by atoms with Crippen molar-refractivity contribution in [3.63, 3.8) is 0 Å². The molecule has 2 aliphatic rings. The van der Waals surface area contributed by atoms with Crippen LogP contribution in [0.1, 0.15) is 61.8 Å². The van der Waals surface area contributed by atoms with Gasteiger partial charge in [-0.05, 0) is 63.6 Å². The van der Waals surface area contributed by atoms with E-state index in [4.69, 9.17) is 9.47 Å². The maximum atomic E-state index is 14.6. The summed E-state index contributed by atoms with van der Waals surface area (Å²) in [7, 11) is 1.48. The molecule has 2 atom stereocenters. The molecule has 2 N–H and O–H groups in total. The molecule has 14 heteroatoms. The molecule has 0 radical (unpaired) electrons. The Morgan fingerprint density at radius 3 is 2.58 bits per heavy atom. The number of methoxy groups -OCH3 is 1. The highest BCUT2D eigenvalue weighted by Crippen LogP contribution is 2.36. The number of piperidine rings is 1. The van der Waals surface area contributed by atoms with E-state index < -0.39 is 41.2 Å². The number of aliphatic hydroxyl groups is 1. The number of aliphatic hydroxyl groups excluding tert-OH is 1. The second-order valence-corrected chi connectivity index (χ2v) is 12.0. The van der Waals surface area contributed by atoms with E-state index in [1.165, 1.54) is 58.4 Å². The highest BCUT2D eigenvalue weighted by Gasteiger charge is 2.33. The van der Waals surface area contributed by atoms with E-state index in [9.17, 15) is 23.9 Å². The lowest BCUT2D eigenvalue weighted by Crippen LogP contribution is -2.49. The number of carbonyl (C=O) groups excluding carboxylic acids is 1. The number of thiophene rings is 1. The number of rotatable bonds is 8. The highest BCUT2D eigenvalue weighted by molar-refractivity contribution is 7.21. The molecule has 12 nitrogen and oxygen atoms in total. The van der Waals surface area contributed by atoms with Crippen molar-refractivity contribution in [2.75, 3.05) is 13.7 Å². The van der Waals surface area contributed by atoms with Crippen molar-refractivity contribution in [3.05, 3.63) is 68.4 Å². The molecule has 1 amide bonds. The number of carbonyl (C=O) groups is 1. The minimum atomic E-state index is -0.974. The summed E-state index contributed by atoms with van der Waals surface area (Å²) in [6, 6.07) is 3.15. The molecular formula is C29H33FN6O6S. The quantitative estimate of drug-likeness (QED) is 0.309. The van der Waals surface area contributed by atoms with E-state index in [1.54, 1.807) is 6.92 Å². The fourth-order valence-corrected chi connectivity index (χ4v) is 7.27. The van der Waals surface area contributed by atoms with Crippen LogP contribution >= 0.6 is 11.3 Å². The Labute approximate surface area is 249 Å². The Morgan fingerprint density at radius 2 is 1.88 bits per heavy atom. The molecule has 2 fully saturated rings. The van der Waals surface area contributed by atoms with Crippen LogP contribution in [0.3, 0.4) is 0 Å². The van der Waals surface area contributed by atoms with E-state index in [0.717, 1.165) is 4.57 Å². The zero-order valence-corrected chi connectivity index (χ0v) is 24.7. The molecule has 6 rings (SSSR count). The number of amides is 1. The van der Waals surface area contributed by atoms with Crippen LogP contribution in [-0.4, -0.2) is 61.0 Å². The van der Waals surface area contributed by atoms with Crippen molar-refractivity contribution in [3.8, 4) is 10.8 Å². The summed E-state index contributed by atoms with van der Waals surface area (Å²) in [5, 5.41) is 22.1. The first-order chi connectivity index (χ1) is 20.8. The van der Waals surface area contributed by atoms with Gasteiger partial charge in [0.05, 0.1) is 43.6 Å². The third kappa shape index (κ3) is 5.50. The Hall–Kier alpha value is -3.88. The van der Waals surface area contributed by atoms with Gasteiger partial charge >= 0.3 is 5.69 Å². The van der Waals surface area contributed by atoms with Crippen LogP contribution in [0.15, 0.2) is 40.2 Å². The molecule has 4 aromatic rings. The number of benzene rings is 1. The number of fused-ring (bicyclic) bond motifs is 1. The third-order valence-electron chi connectivity index (χ3n) is 8.27. The van der Waals surface area contributed by atoms with Crippen LogP contribution in [0, 0.1) is 12.7 Å². The zero-order valence-electron chi connectivity index (χ0n) is 23.9. The molecule has 1 aliphatic carbocycles. The topological polar surface area (TPSA) is 142 Å². The van der Waals surface area contributed by atoms with Gasteiger partial charge in [-0.1, -0.05) is 11.3 Å². The van der Waals surface area contributed by atoms with E-state index in [0.29, 0.717) is 71.8 Å². The summed E-state index contributed by atoms with van der Waals surface area (Å²) in [6.07, 6.45) is 4.79. The number of nitrogens with zero attached hydrogens (tertiary/aromatic N) is 5. The summed E-state index contributed by atoms with van der Waals surface area (Å²) >= 11 is 1.18. The van der Waals surface area contributed by atoms with Gasteiger partial charge < -0.3 is 19.9 Å². The van der Waals surface area contributed by atoms with Crippen LogP contribution in [0.4, 0.5) is 4.39 Å². The fraction of sp³-hybridized carbons (Fsp3) is 0.483. The average molecular weight is 613 g/mol. The summed E-state index contributed by atoms with van der Waals surface area (Å²) in [5.74, 6) is -0.502. The lowest BCUT2D eigenvalue weighted by atomic mass is 9.94. The maximum Gasteiger partial charge on any atom is 0.332 e. The third-order valence-corrected chi connectivity index (χ3v) is 9.55. The minimum absolute atomic E-state index is 0.0885. The lowest BCUT2D eigenvalue weighted by Gasteiger charge is -2.31. The average Bonchev–Trinajstić information content (AvgIpc) is 3.65. The molecule has 4 heterocycles. The van der Waals surface area contributed by atoms with Crippen molar-refractivity contribution in [1.82, 2.24) is 29.4 Å². The first kappa shape index (κ1) is 29.2. The Bertz CT molecular complexity index is 1760. The van der Waals surface area contributed by atoms with Gasteiger partial charge in [0, 0.05) is 17.7 Å². The standard InChI is InChI=1S/C29H33FN6O6S/c1-16-24-26(39)35(21-4-3-11-31-25(21)38)29(40)34(28(24)43-27(16)36-32-12-13-33-36)15-23(42-19-8-6-18(37)7-9-19)20-14-17(30)5-10-22(20)41-2/h5,10,12-14,18-19,21,23,37H,3-4,6-9,11,15H2,1-2H3,(H,31,38)/t18-,19+,21-,23-/m0/s1. The number of nitrogens with one attached hydrogen (secondary N) is 1. The van der Waals surface area contributed by atoms with Crippen molar-refractivity contribution >= 4 is 27.5 Å². The lowest BCUT2D eigenvalue weighted by molar-refractivity contribution is -0.126. The summed E-state index contributed by atoms with van der Waals surface area (Å²) < 4.78 is 29.3. The number of hydrogen-bond donors (Lipinski definition) is 2. The van der Waals surface area contributed by atoms with Crippen LogP contribution in [0.2, 0.25) is 0 Å². The first-order valence-corrected chi connectivity index (χ1v) is 15.2. The maximum absolute atomic E-state index is 14.6. The van der Waals surface area contributed by atoms with Gasteiger partial charge in [-0.15, -0.1) is 4.80 Å². The van der Waals surface area contributed by atoms with E-state index in [1.807, 2.05) is 0 Å². The summed E-state index contributed by atoms with van der Waals surface area (Å²) in [5.41, 5.74) is -0.248. The fourth-order valence-electron chi connectivity index (χ4n) is 6.05. The molecule has 1 saturated heterocycles. The predicted molar refractivity (Wildman–Crippen MR) is 156 cm³/mol. The number of aryl methyl sites for hydroxylation is 1. The number of hydrogen-bond acceptors (Lipinski definition) is 9. The van der Waals surface area contributed by atoms with Gasteiger partial charge in [-0.3, -0.25) is 14.2 Å². The molecular weight excluding hydrogens is 579 g/mol. The highest BCUT2D eigenvalue weighted by atomic mass is 32.1. The van der Waals surface area contributed by atoms with E-state index in [-0.39, 0.29) is 18.0 Å². The molecule has 0 unspecified atom stereocenters. The van der Waals surface area contributed by atoms with Crippen LogP contribution < -0.4 is 21.3 Å². The Balaban J connectivity index is 1.55. The van der Waals surface area contributed by atoms with E-state index >= 15 is 0 Å². The molecule has 0 bridgehead atoms. The molecule has 0 spiro atoms. The normalized spacial score (nSPS) is 21.6. The molecule has 1 saturated carbocycles. The van der Waals surface area contributed by atoms with Crippen molar-refractivity contribution in [2.45, 2.75) is 76.3 Å². The molecule has 228 valence electrons. The Morgan fingerprint density at radius 1 is 1.14 bits per heavy atom. The minimum Gasteiger partial charge on any atom is -0.496 e. The first-order valence-electron chi connectivity index (χ1n) is 14.4. The number of aromatic nitrogens is 5. The van der Waals surface area contributed by atoms with Crippen molar-refractivity contribution in [1.29, 1.82) is 0 Å². The van der Waals surface area contributed by atoms with Crippen molar-refractivity contribution in [2.24, 2.45) is 0 Å². The van der Waals surface area contributed by atoms with Crippen LogP contribution in [0.25, 0.3) is 15.2 Å². The number of halogens is 1. The molecule has 1 aromatic carbocycles. The van der Waals surface area contributed by atoms with Gasteiger partial charge in [0.2, 0.25) is 5.91 Å². The SMILES string of the molecule is COc1ccc(F)cc1[C@H](Cn1c(=O)n([C@H]2CCCNC2=O)c(=O)c2c(C)c(-n3nccn3)sc21)O[C@H]1CC[C@@H](O)CC1. The van der Waals surface area contributed by atoms with Crippen molar-refractivity contribution < 1.29 is 23.8 Å².